The molecule has 4 heteroatoms. The zero-order valence-corrected chi connectivity index (χ0v) is 12.2. The van der Waals surface area contributed by atoms with Crippen molar-refractivity contribution >= 4 is 21.2 Å². The van der Waals surface area contributed by atoms with E-state index in [9.17, 15) is 8.42 Å². The average molecular weight is 287 g/mol. The molecule has 0 spiro atoms. The predicted molar refractivity (Wildman–Crippen MR) is 80.2 cm³/mol. The number of sulfone groups is 1. The van der Waals surface area contributed by atoms with Gasteiger partial charge in [0.15, 0.2) is 0 Å². The van der Waals surface area contributed by atoms with Crippen LogP contribution < -0.4 is 4.90 Å². The standard InChI is InChI=1S/C16H17NO2S/c1-2-3-12-17-13-8-4-6-10-15(13)20(18,19)16-11-7-5-9-14(16)17/h4-11H,2-3,12H2,1H3. The molecule has 3 nitrogen and oxygen atoms in total. The van der Waals surface area contributed by atoms with Crippen molar-refractivity contribution in [1.29, 1.82) is 0 Å². The highest BCUT2D eigenvalue weighted by atomic mass is 32.2. The molecule has 0 fully saturated rings. The smallest absolute Gasteiger partial charge is 0.210 e. The van der Waals surface area contributed by atoms with Crippen LogP contribution in [0.15, 0.2) is 58.3 Å². The number of unbranched alkanes of at least 4 members (excludes halogenated alkanes) is 1. The van der Waals surface area contributed by atoms with Gasteiger partial charge in [0.1, 0.15) is 0 Å². The van der Waals surface area contributed by atoms with E-state index in [1.165, 1.54) is 0 Å². The Morgan fingerprint density at radius 3 is 1.90 bits per heavy atom. The van der Waals surface area contributed by atoms with Crippen molar-refractivity contribution in [3.8, 4) is 0 Å². The van der Waals surface area contributed by atoms with E-state index in [1.807, 2.05) is 24.3 Å². The van der Waals surface area contributed by atoms with Crippen LogP contribution in [0.3, 0.4) is 0 Å². The molecule has 0 N–H and O–H groups in total. The van der Waals surface area contributed by atoms with E-state index >= 15 is 0 Å². The summed E-state index contributed by atoms with van der Waals surface area (Å²) in [5.74, 6) is 0. The van der Waals surface area contributed by atoms with Crippen LogP contribution in [0.1, 0.15) is 19.8 Å². The van der Waals surface area contributed by atoms with E-state index < -0.39 is 9.84 Å². The largest absolute Gasteiger partial charge is 0.339 e. The van der Waals surface area contributed by atoms with Gasteiger partial charge in [-0.2, -0.15) is 0 Å². The van der Waals surface area contributed by atoms with Crippen LogP contribution in [0, 0.1) is 0 Å². The van der Waals surface area contributed by atoms with Gasteiger partial charge < -0.3 is 4.90 Å². The first-order valence-electron chi connectivity index (χ1n) is 6.87. The average Bonchev–Trinajstić information content (AvgIpc) is 2.48. The molecule has 0 atom stereocenters. The minimum absolute atomic E-state index is 0.412. The van der Waals surface area contributed by atoms with Gasteiger partial charge in [-0.1, -0.05) is 37.6 Å². The molecule has 0 saturated heterocycles. The molecule has 2 aromatic carbocycles. The van der Waals surface area contributed by atoms with Crippen LogP contribution in [0.4, 0.5) is 11.4 Å². The number of fused-ring (bicyclic) bond motifs is 2. The van der Waals surface area contributed by atoms with Crippen molar-refractivity contribution in [3.63, 3.8) is 0 Å². The van der Waals surface area contributed by atoms with Crippen LogP contribution in [-0.4, -0.2) is 15.0 Å². The SMILES string of the molecule is CCCCN1c2ccccc2S(=O)(=O)c2ccccc21. The van der Waals surface area contributed by atoms with Gasteiger partial charge in [-0.3, -0.25) is 0 Å². The van der Waals surface area contributed by atoms with Crippen LogP contribution in [0.25, 0.3) is 0 Å². The van der Waals surface area contributed by atoms with E-state index in [-0.39, 0.29) is 0 Å². The Balaban J connectivity index is 2.25. The maximum absolute atomic E-state index is 12.7. The Labute approximate surface area is 119 Å². The third-order valence-electron chi connectivity index (χ3n) is 3.63. The van der Waals surface area contributed by atoms with E-state index in [4.69, 9.17) is 0 Å². The Bertz CT molecular complexity index is 684. The first-order valence-corrected chi connectivity index (χ1v) is 8.35. The zero-order valence-electron chi connectivity index (χ0n) is 11.4. The number of benzene rings is 2. The highest BCUT2D eigenvalue weighted by Gasteiger charge is 2.32. The first-order chi connectivity index (χ1) is 9.66. The molecule has 2 aromatic rings. The van der Waals surface area contributed by atoms with Crippen molar-refractivity contribution in [2.45, 2.75) is 29.6 Å². The fourth-order valence-electron chi connectivity index (χ4n) is 2.62. The summed E-state index contributed by atoms with van der Waals surface area (Å²) in [5, 5.41) is 0. The topological polar surface area (TPSA) is 37.4 Å². The van der Waals surface area contributed by atoms with Crippen LogP contribution >= 0.6 is 0 Å². The summed E-state index contributed by atoms with van der Waals surface area (Å²) in [4.78, 5) is 2.94. The number of nitrogens with zero attached hydrogens (tertiary/aromatic N) is 1. The molecule has 1 aliphatic rings. The summed E-state index contributed by atoms with van der Waals surface area (Å²) >= 11 is 0. The molecule has 1 aliphatic heterocycles. The van der Waals surface area contributed by atoms with Gasteiger partial charge in [-0.25, -0.2) is 8.42 Å². The molecule has 3 rings (SSSR count). The molecule has 0 saturated carbocycles. The van der Waals surface area contributed by atoms with E-state index in [0.717, 1.165) is 30.8 Å². The van der Waals surface area contributed by atoms with Crippen molar-refractivity contribution in [3.05, 3.63) is 48.5 Å². The summed E-state index contributed by atoms with van der Waals surface area (Å²) < 4.78 is 25.4. The second-order valence-corrected chi connectivity index (χ2v) is 6.83. The van der Waals surface area contributed by atoms with Crippen molar-refractivity contribution < 1.29 is 8.42 Å². The van der Waals surface area contributed by atoms with Crippen LogP contribution in [0.5, 0.6) is 0 Å². The molecule has 0 unspecified atom stereocenters. The van der Waals surface area contributed by atoms with Crippen LogP contribution in [-0.2, 0) is 9.84 Å². The highest BCUT2D eigenvalue weighted by molar-refractivity contribution is 7.92. The number of para-hydroxylation sites is 2. The molecule has 0 bridgehead atoms. The maximum Gasteiger partial charge on any atom is 0.210 e. The summed E-state index contributed by atoms with van der Waals surface area (Å²) in [6.45, 7) is 2.97. The Hall–Kier alpha value is -1.81. The van der Waals surface area contributed by atoms with Gasteiger partial charge >= 0.3 is 0 Å². The summed E-state index contributed by atoms with van der Waals surface area (Å²) in [6, 6.07) is 14.5. The lowest BCUT2D eigenvalue weighted by Gasteiger charge is -2.32. The quantitative estimate of drug-likeness (QED) is 0.862. The highest BCUT2D eigenvalue weighted by Crippen LogP contribution is 2.43. The van der Waals surface area contributed by atoms with Gasteiger partial charge in [0.05, 0.1) is 21.2 Å². The van der Waals surface area contributed by atoms with Gasteiger partial charge in [0.2, 0.25) is 9.84 Å². The summed E-state index contributed by atoms with van der Waals surface area (Å²) in [5.41, 5.74) is 1.58. The molecule has 0 radical (unpaired) electrons. The van der Waals surface area contributed by atoms with Crippen molar-refractivity contribution in [1.82, 2.24) is 0 Å². The van der Waals surface area contributed by atoms with Gasteiger partial charge in [-0.15, -0.1) is 0 Å². The van der Waals surface area contributed by atoms with Gasteiger partial charge in [0, 0.05) is 6.54 Å². The zero-order chi connectivity index (χ0) is 14.2. The molecule has 1 heterocycles. The lowest BCUT2D eigenvalue weighted by molar-refractivity contribution is 0.593. The molecular formula is C16H17NO2S. The minimum atomic E-state index is -3.40. The summed E-state index contributed by atoms with van der Waals surface area (Å²) in [6.07, 6.45) is 2.11. The Morgan fingerprint density at radius 1 is 0.900 bits per heavy atom. The van der Waals surface area contributed by atoms with E-state index in [1.54, 1.807) is 24.3 Å². The number of rotatable bonds is 3. The van der Waals surface area contributed by atoms with Crippen LogP contribution in [0.2, 0.25) is 0 Å². The second-order valence-electron chi connectivity index (χ2n) is 4.94. The second kappa shape index (κ2) is 4.94. The Kier molecular flexibility index (Phi) is 3.26. The van der Waals surface area contributed by atoms with Crippen molar-refractivity contribution in [2.24, 2.45) is 0 Å². The predicted octanol–water partition coefficient (Wildman–Crippen LogP) is 3.77. The molecule has 20 heavy (non-hydrogen) atoms. The fraction of sp³-hybridized carbons (Fsp3) is 0.250. The van der Waals surface area contributed by atoms with E-state index in [0.29, 0.717) is 9.79 Å². The molecular weight excluding hydrogens is 270 g/mol. The molecule has 0 aromatic heterocycles. The van der Waals surface area contributed by atoms with Gasteiger partial charge in [-0.05, 0) is 30.7 Å². The monoisotopic (exact) mass is 287 g/mol. The lowest BCUT2D eigenvalue weighted by atomic mass is 10.2. The van der Waals surface area contributed by atoms with E-state index in [2.05, 4.69) is 11.8 Å². The van der Waals surface area contributed by atoms with Crippen molar-refractivity contribution in [2.75, 3.05) is 11.4 Å². The lowest BCUT2D eigenvalue weighted by Crippen LogP contribution is -2.26. The number of anilines is 2. The third-order valence-corrected chi connectivity index (χ3v) is 5.47. The minimum Gasteiger partial charge on any atom is -0.339 e. The first kappa shape index (κ1) is 13.2. The molecule has 0 amide bonds. The number of hydrogen-bond acceptors (Lipinski definition) is 3. The summed E-state index contributed by atoms with van der Waals surface area (Å²) in [7, 11) is -3.40. The maximum atomic E-state index is 12.7. The third kappa shape index (κ3) is 1.91. The van der Waals surface area contributed by atoms with Gasteiger partial charge in [0.25, 0.3) is 0 Å². The fourth-order valence-corrected chi connectivity index (χ4v) is 4.28. The normalized spacial score (nSPS) is 15.6. The molecule has 0 aliphatic carbocycles. The molecule has 104 valence electrons. The number of hydrogen-bond donors (Lipinski definition) is 0. The Morgan fingerprint density at radius 2 is 1.40 bits per heavy atom.